The third-order valence-electron chi connectivity index (χ3n) is 3.08. The second kappa shape index (κ2) is 6.01. The maximum atomic E-state index is 10.7. The van der Waals surface area contributed by atoms with E-state index in [4.69, 9.17) is 5.26 Å². The third kappa shape index (κ3) is 2.77. The largest absolute Gasteiger partial charge is 0.368 e. The molecule has 1 unspecified atom stereocenters. The van der Waals surface area contributed by atoms with Crippen molar-refractivity contribution in [1.29, 1.82) is 5.26 Å². The van der Waals surface area contributed by atoms with Crippen LogP contribution in [0.15, 0.2) is 18.2 Å². The molecule has 0 radical (unpaired) electrons. The molecule has 5 nitrogen and oxygen atoms in total. The van der Waals surface area contributed by atoms with Gasteiger partial charge in [-0.15, -0.1) is 0 Å². The molecule has 1 atom stereocenters. The van der Waals surface area contributed by atoms with Gasteiger partial charge in [-0.05, 0) is 26.3 Å². The third-order valence-corrected chi connectivity index (χ3v) is 3.08. The smallest absolute Gasteiger partial charge is 0.270 e. The minimum Gasteiger partial charge on any atom is -0.368 e. The van der Waals surface area contributed by atoms with Crippen LogP contribution in [0.3, 0.4) is 0 Å². The zero-order valence-electron chi connectivity index (χ0n) is 10.9. The van der Waals surface area contributed by atoms with Crippen LogP contribution in [-0.4, -0.2) is 17.5 Å². The Balaban J connectivity index is 3.24. The fourth-order valence-electron chi connectivity index (χ4n) is 1.92. The SMILES string of the molecule is CCC(C)N(CC)c1ccc([N+](=O)[O-])cc1C#N. The highest BCUT2D eigenvalue weighted by atomic mass is 16.6. The summed E-state index contributed by atoms with van der Waals surface area (Å²) in [6.07, 6.45) is 0.954. The predicted molar refractivity (Wildman–Crippen MR) is 70.6 cm³/mol. The normalized spacial score (nSPS) is 11.7. The van der Waals surface area contributed by atoms with Crippen molar-refractivity contribution in [2.24, 2.45) is 0 Å². The van der Waals surface area contributed by atoms with E-state index in [1.165, 1.54) is 12.1 Å². The first kappa shape index (κ1) is 14.0. The van der Waals surface area contributed by atoms with Crippen molar-refractivity contribution >= 4 is 11.4 Å². The molecule has 0 saturated carbocycles. The topological polar surface area (TPSA) is 70.2 Å². The van der Waals surface area contributed by atoms with Crippen LogP contribution in [-0.2, 0) is 0 Å². The first-order valence-electron chi connectivity index (χ1n) is 6.00. The summed E-state index contributed by atoms with van der Waals surface area (Å²) in [5.41, 5.74) is 1.07. The van der Waals surface area contributed by atoms with E-state index in [2.05, 4.69) is 18.7 Å². The molecule has 0 aliphatic carbocycles. The fraction of sp³-hybridized carbons (Fsp3) is 0.462. The number of hydrogen-bond acceptors (Lipinski definition) is 4. The number of rotatable bonds is 5. The highest BCUT2D eigenvalue weighted by Crippen LogP contribution is 2.26. The number of nitriles is 1. The average molecular weight is 247 g/mol. The van der Waals surface area contributed by atoms with Gasteiger partial charge in [-0.2, -0.15) is 5.26 Å². The molecule has 96 valence electrons. The van der Waals surface area contributed by atoms with Crippen LogP contribution < -0.4 is 4.90 Å². The molecule has 0 aliphatic rings. The van der Waals surface area contributed by atoms with Crippen molar-refractivity contribution in [3.63, 3.8) is 0 Å². The van der Waals surface area contributed by atoms with Gasteiger partial charge in [0.2, 0.25) is 0 Å². The molecule has 0 aromatic heterocycles. The van der Waals surface area contributed by atoms with E-state index in [1.54, 1.807) is 6.07 Å². The zero-order chi connectivity index (χ0) is 13.7. The summed E-state index contributed by atoms with van der Waals surface area (Å²) in [7, 11) is 0. The summed E-state index contributed by atoms with van der Waals surface area (Å²) in [5, 5.41) is 19.8. The van der Waals surface area contributed by atoms with Crippen molar-refractivity contribution in [2.75, 3.05) is 11.4 Å². The first-order valence-corrected chi connectivity index (χ1v) is 6.00. The van der Waals surface area contributed by atoms with Crippen LogP contribution in [0.1, 0.15) is 32.8 Å². The minimum absolute atomic E-state index is 0.0458. The van der Waals surface area contributed by atoms with Gasteiger partial charge in [0.05, 0.1) is 16.2 Å². The molecule has 0 bridgehead atoms. The van der Waals surface area contributed by atoms with Crippen LogP contribution in [0.4, 0.5) is 11.4 Å². The van der Waals surface area contributed by atoms with Gasteiger partial charge in [-0.3, -0.25) is 10.1 Å². The molecule has 0 saturated heterocycles. The fourth-order valence-corrected chi connectivity index (χ4v) is 1.92. The molecule has 0 fully saturated rings. The van der Waals surface area contributed by atoms with E-state index in [0.29, 0.717) is 11.6 Å². The Hall–Kier alpha value is -2.09. The van der Waals surface area contributed by atoms with Crippen molar-refractivity contribution in [3.8, 4) is 6.07 Å². The van der Waals surface area contributed by atoms with Gasteiger partial charge in [0, 0.05) is 24.7 Å². The number of hydrogen-bond donors (Lipinski definition) is 0. The molecule has 1 aromatic rings. The Kier molecular flexibility index (Phi) is 4.67. The Labute approximate surface area is 107 Å². The molecule has 5 heteroatoms. The van der Waals surface area contributed by atoms with Gasteiger partial charge >= 0.3 is 0 Å². The van der Waals surface area contributed by atoms with E-state index in [9.17, 15) is 10.1 Å². The summed E-state index contributed by atoms with van der Waals surface area (Å²) in [4.78, 5) is 12.3. The number of non-ortho nitro benzene ring substituents is 1. The molecule has 0 aliphatic heterocycles. The summed E-state index contributed by atoms with van der Waals surface area (Å²) in [6, 6.07) is 6.77. The van der Waals surface area contributed by atoms with Gasteiger partial charge in [0.1, 0.15) is 6.07 Å². The highest BCUT2D eigenvalue weighted by molar-refractivity contribution is 5.63. The molecule has 18 heavy (non-hydrogen) atoms. The lowest BCUT2D eigenvalue weighted by molar-refractivity contribution is -0.384. The Morgan fingerprint density at radius 3 is 2.61 bits per heavy atom. The monoisotopic (exact) mass is 247 g/mol. The second-order valence-corrected chi connectivity index (χ2v) is 4.11. The molecule has 1 aromatic carbocycles. The quantitative estimate of drug-likeness (QED) is 0.592. The lowest BCUT2D eigenvalue weighted by Crippen LogP contribution is -2.32. The number of nitro groups is 1. The number of anilines is 1. The molecule has 1 rings (SSSR count). The maximum Gasteiger partial charge on any atom is 0.270 e. The molecule has 0 amide bonds. The van der Waals surface area contributed by atoms with Gasteiger partial charge in [0.25, 0.3) is 5.69 Å². The summed E-state index contributed by atoms with van der Waals surface area (Å²) in [6.45, 7) is 6.92. The second-order valence-electron chi connectivity index (χ2n) is 4.11. The van der Waals surface area contributed by atoms with Gasteiger partial charge < -0.3 is 4.90 Å². The van der Waals surface area contributed by atoms with Gasteiger partial charge in [0.15, 0.2) is 0 Å². The summed E-state index contributed by atoms with van der Waals surface area (Å²) < 4.78 is 0. The Morgan fingerprint density at radius 2 is 2.17 bits per heavy atom. The number of nitro benzene ring substituents is 1. The molecule has 0 N–H and O–H groups in total. The molecule has 0 heterocycles. The minimum atomic E-state index is -0.482. The lowest BCUT2D eigenvalue weighted by atomic mass is 10.1. The van der Waals surface area contributed by atoms with Crippen molar-refractivity contribution in [1.82, 2.24) is 0 Å². The summed E-state index contributed by atoms with van der Waals surface area (Å²) >= 11 is 0. The predicted octanol–water partition coefficient (Wildman–Crippen LogP) is 3.09. The molecular formula is C13H17N3O2. The highest BCUT2D eigenvalue weighted by Gasteiger charge is 2.17. The van der Waals surface area contributed by atoms with E-state index < -0.39 is 4.92 Å². The maximum absolute atomic E-state index is 10.7. The van der Waals surface area contributed by atoms with Crippen LogP contribution in [0, 0.1) is 21.4 Å². The number of nitrogens with zero attached hydrogens (tertiary/aromatic N) is 3. The molecular weight excluding hydrogens is 230 g/mol. The van der Waals surface area contributed by atoms with E-state index >= 15 is 0 Å². The van der Waals surface area contributed by atoms with Gasteiger partial charge in [-0.1, -0.05) is 6.92 Å². The number of benzene rings is 1. The van der Waals surface area contributed by atoms with Crippen molar-refractivity contribution < 1.29 is 4.92 Å². The molecule has 0 spiro atoms. The standard InChI is InChI=1S/C13H17N3O2/c1-4-10(3)15(5-2)13-7-6-12(16(17)18)8-11(13)9-14/h6-8,10H,4-5H2,1-3H3. The first-order chi connectivity index (χ1) is 8.54. The van der Waals surface area contributed by atoms with Crippen LogP contribution in [0.25, 0.3) is 0 Å². The van der Waals surface area contributed by atoms with E-state index in [0.717, 1.165) is 18.7 Å². The van der Waals surface area contributed by atoms with Crippen LogP contribution >= 0.6 is 0 Å². The van der Waals surface area contributed by atoms with Crippen LogP contribution in [0.2, 0.25) is 0 Å². The van der Waals surface area contributed by atoms with E-state index in [1.807, 2.05) is 13.0 Å². The summed E-state index contributed by atoms with van der Waals surface area (Å²) in [5.74, 6) is 0. The Morgan fingerprint density at radius 1 is 1.50 bits per heavy atom. The van der Waals surface area contributed by atoms with E-state index in [-0.39, 0.29) is 5.69 Å². The van der Waals surface area contributed by atoms with Crippen LogP contribution in [0.5, 0.6) is 0 Å². The zero-order valence-corrected chi connectivity index (χ0v) is 10.9. The lowest BCUT2D eigenvalue weighted by Gasteiger charge is -2.30. The van der Waals surface area contributed by atoms with Crippen molar-refractivity contribution in [3.05, 3.63) is 33.9 Å². The average Bonchev–Trinajstić information content (AvgIpc) is 2.39. The Bertz CT molecular complexity index is 480. The van der Waals surface area contributed by atoms with Crippen molar-refractivity contribution in [2.45, 2.75) is 33.2 Å². The van der Waals surface area contributed by atoms with Gasteiger partial charge in [-0.25, -0.2) is 0 Å².